The van der Waals surface area contributed by atoms with Gasteiger partial charge in [0.05, 0.1) is 41.7 Å². The Hall–Kier alpha value is -2.86. The number of imidazole rings is 1. The van der Waals surface area contributed by atoms with E-state index in [4.69, 9.17) is 14.5 Å². The van der Waals surface area contributed by atoms with Gasteiger partial charge in [-0.25, -0.2) is 4.98 Å². The molecule has 5 nitrogen and oxygen atoms in total. The second-order valence-electron chi connectivity index (χ2n) is 5.81. The summed E-state index contributed by atoms with van der Waals surface area (Å²) in [6.07, 6.45) is 0.178. The van der Waals surface area contributed by atoms with E-state index in [2.05, 4.69) is 4.40 Å². The summed E-state index contributed by atoms with van der Waals surface area (Å²) in [6, 6.07) is 15.8. The minimum absolute atomic E-state index is 0.178. The van der Waals surface area contributed by atoms with Crippen LogP contribution in [-0.2, 0) is 16.0 Å². The number of ether oxygens (including phenoxy) is 2. The lowest BCUT2D eigenvalue weighted by Crippen LogP contribution is -2.10. The summed E-state index contributed by atoms with van der Waals surface area (Å²) in [5.41, 5.74) is 3.67. The van der Waals surface area contributed by atoms with Gasteiger partial charge in [0.25, 0.3) is 0 Å². The van der Waals surface area contributed by atoms with Crippen LogP contribution in [0.5, 0.6) is 5.75 Å². The Labute approximate surface area is 154 Å². The van der Waals surface area contributed by atoms with Crippen molar-refractivity contribution in [1.82, 2.24) is 9.38 Å². The van der Waals surface area contributed by atoms with Crippen LogP contribution in [-0.4, -0.2) is 29.1 Å². The molecule has 0 atom stereocenters. The normalized spacial score (nSPS) is 11.2. The maximum atomic E-state index is 12.2. The molecule has 6 heteroatoms. The van der Waals surface area contributed by atoms with Gasteiger partial charge in [-0.3, -0.25) is 9.20 Å². The Kier molecular flexibility index (Phi) is 4.34. The molecule has 0 aliphatic carbocycles. The molecule has 0 aliphatic heterocycles. The van der Waals surface area contributed by atoms with Crippen molar-refractivity contribution in [2.75, 3.05) is 13.7 Å². The largest absolute Gasteiger partial charge is 0.497 e. The molecule has 0 radical (unpaired) electrons. The topological polar surface area (TPSA) is 52.8 Å². The summed E-state index contributed by atoms with van der Waals surface area (Å²) < 4.78 is 13.6. The maximum Gasteiger partial charge on any atom is 0.311 e. The summed E-state index contributed by atoms with van der Waals surface area (Å²) in [5, 5.41) is 0. The lowest BCUT2D eigenvalue weighted by Gasteiger charge is -2.06. The van der Waals surface area contributed by atoms with E-state index >= 15 is 0 Å². The minimum Gasteiger partial charge on any atom is -0.497 e. The van der Waals surface area contributed by atoms with Gasteiger partial charge in [0.15, 0.2) is 4.96 Å². The van der Waals surface area contributed by atoms with Crippen molar-refractivity contribution in [1.29, 1.82) is 0 Å². The molecular formula is C20H18N2O3S. The molecule has 2 aromatic heterocycles. The number of carbonyl (C=O) groups excluding carboxylic acids is 1. The van der Waals surface area contributed by atoms with Gasteiger partial charge in [0.2, 0.25) is 0 Å². The molecule has 0 aliphatic rings. The van der Waals surface area contributed by atoms with Crippen molar-refractivity contribution in [2.24, 2.45) is 0 Å². The van der Waals surface area contributed by atoms with Crippen molar-refractivity contribution in [3.8, 4) is 17.0 Å². The average molecular weight is 366 g/mol. The van der Waals surface area contributed by atoms with E-state index in [1.165, 1.54) is 0 Å². The molecule has 0 saturated carbocycles. The number of methoxy groups -OCH3 is 1. The first-order valence-corrected chi connectivity index (χ1v) is 9.22. The SMILES string of the molecule is CCOC(=O)Cc1c(-c2ccccc2)nc2sc3cc(OC)ccc3n12. The number of rotatable bonds is 5. The fourth-order valence-corrected chi connectivity index (χ4v) is 4.15. The van der Waals surface area contributed by atoms with Gasteiger partial charge in [-0.05, 0) is 25.1 Å². The van der Waals surface area contributed by atoms with Crippen LogP contribution in [0.1, 0.15) is 12.6 Å². The van der Waals surface area contributed by atoms with Crippen LogP contribution >= 0.6 is 11.3 Å². The summed E-state index contributed by atoms with van der Waals surface area (Å²) in [5.74, 6) is 0.552. The lowest BCUT2D eigenvalue weighted by atomic mass is 10.1. The standard InChI is InChI=1S/C20H18N2O3S/c1-3-25-18(23)12-16-19(13-7-5-4-6-8-13)21-20-22(16)15-10-9-14(24-2)11-17(15)26-20/h4-11H,3,12H2,1-2H3. The predicted molar refractivity (Wildman–Crippen MR) is 103 cm³/mol. The van der Waals surface area contributed by atoms with E-state index in [0.717, 1.165) is 37.9 Å². The van der Waals surface area contributed by atoms with Crippen molar-refractivity contribution in [3.63, 3.8) is 0 Å². The van der Waals surface area contributed by atoms with Gasteiger partial charge in [-0.2, -0.15) is 0 Å². The highest BCUT2D eigenvalue weighted by Gasteiger charge is 2.21. The Morgan fingerprint density at radius 3 is 2.73 bits per heavy atom. The third-order valence-corrected chi connectivity index (χ3v) is 5.22. The van der Waals surface area contributed by atoms with Crippen LogP contribution in [0, 0.1) is 0 Å². The zero-order valence-corrected chi connectivity index (χ0v) is 15.4. The zero-order chi connectivity index (χ0) is 18.1. The minimum atomic E-state index is -0.251. The molecule has 4 aromatic rings. The van der Waals surface area contributed by atoms with E-state index in [1.807, 2.05) is 55.5 Å². The Morgan fingerprint density at radius 2 is 2.00 bits per heavy atom. The quantitative estimate of drug-likeness (QED) is 0.493. The summed E-state index contributed by atoms with van der Waals surface area (Å²) in [6.45, 7) is 2.18. The zero-order valence-electron chi connectivity index (χ0n) is 14.6. The van der Waals surface area contributed by atoms with E-state index in [1.54, 1.807) is 18.4 Å². The molecule has 0 spiro atoms. The lowest BCUT2D eigenvalue weighted by molar-refractivity contribution is -0.142. The van der Waals surface area contributed by atoms with Gasteiger partial charge in [0, 0.05) is 5.56 Å². The highest BCUT2D eigenvalue weighted by molar-refractivity contribution is 7.23. The molecule has 2 aromatic carbocycles. The van der Waals surface area contributed by atoms with E-state index in [9.17, 15) is 4.79 Å². The van der Waals surface area contributed by atoms with Crippen LogP contribution < -0.4 is 4.74 Å². The Balaban J connectivity index is 1.94. The Morgan fingerprint density at radius 1 is 1.19 bits per heavy atom. The van der Waals surface area contributed by atoms with Crippen molar-refractivity contribution < 1.29 is 14.3 Å². The van der Waals surface area contributed by atoms with Gasteiger partial charge in [0.1, 0.15) is 5.75 Å². The molecule has 0 saturated heterocycles. The number of nitrogens with zero attached hydrogens (tertiary/aromatic N) is 2. The van der Waals surface area contributed by atoms with Crippen LogP contribution in [0.25, 0.3) is 26.4 Å². The third-order valence-electron chi connectivity index (χ3n) is 4.22. The van der Waals surface area contributed by atoms with Crippen LogP contribution in [0.15, 0.2) is 48.5 Å². The molecule has 132 valence electrons. The molecule has 0 amide bonds. The average Bonchev–Trinajstić information content (AvgIpc) is 3.18. The molecule has 0 N–H and O–H groups in total. The van der Waals surface area contributed by atoms with Gasteiger partial charge in [-0.1, -0.05) is 41.7 Å². The summed E-state index contributed by atoms with van der Waals surface area (Å²) in [7, 11) is 1.65. The second kappa shape index (κ2) is 6.80. The smallest absolute Gasteiger partial charge is 0.311 e. The molecule has 26 heavy (non-hydrogen) atoms. The number of esters is 1. The third kappa shape index (κ3) is 2.82. The molecule has 0 fully saturated rings. The van der Waals surface area contributed by atoms with Crippen molar-refractivity contribution in [2.45, 2.75) is 13.3 Å². The molecule has 0 bridgehead atoms. The van der Waals surface area contributed by atoms with E-state index in [-0.39, 0.29) is 12.4 Å². The van der Waals surface area contributed by atoms with Gasteiger partial charge in [-0.15, -0.1) is 0 Å². The predicted octanol–water partition coefficient (Wildman–Crippen LogP) is 4.33. The highest BCUT2D eigenvalue weighted by atomic mass is 32.1. The van der Waals surface area contributed by atoms with E-state index < -0.39 is 0 Å². The van der Waals surface area contributed by atoms with Gasteiger partial charge < -0.3 is 9.47 Å². The van der Waals surface area contributed by atoms with Crippen molar-refractivity contribution in [3.05, 3.63) is 54.2 Å². The van der Waals surface area contributed by atoms with E-state index in [0.29, 0.717) is 6.61 Å². The number of carbonyl (C=O) groups is 1. The summed E-state index contributed by atoms with van der Waals surface area (Å²) >= 11 is 1.58. The number of aromatic nitrogens is 2. The molecular weight excluding hydrogens is 348 g/mol. The van der Waals surface area contributed by atoms with Gasteiger partial charge >= 0.3 is 5.97 Å². The number of thiazole rings is 1. The first-order chi connectivity index (χ1) is 12.7. The number of fused-ring (bicyclic) bond motifs is 3. The fraction of sp³-hybridized carbons (Fsp3) is 0.200. The fourth-order valence-electron chi connectivity index (χ4n) is 3.07. The maximum absolute atomic E-state index is 12.2. The highest BCUT2D eigenvalue weighted by Crippen LogP contribution is 2.34. The van der Waals surface area contributed by atoms with Crippen LogP contribution in [0.2, 0.25) is 0 Å². The number of hydrogen-bond donors (Lipinski definition) is 0. The first-order valence-electron chi connectivity index (χ1n) is 8.40. The van der Waals surface area contributed by atoms with Crippen LogP contribution in [0.3, 0.4) is 0 Å². The number of hydrogen-bond acceptors (Lipinski definition) is 5. The first kappa shape index (κ1) is 16.6. The Bertz CT molecular complexity index is 1080. The molecule has 4 rings (SSSR count). The molecule has 0 unspecified atom stereocenters. The van der Waals surface area contributed by atoms with Crippen molar-refractivity contribution >= 4 is 32.5 Å². The molecule has 2 heterocycles. The van der Waals surface area contributed by atoms with Crippen LogP contribution in [0.4, 0.5) is 0 Å². The second-order valence-corrected chi connectivity index (χ2v) is 6.82. The number of benzene rings is 2. The monoisotopic (exact) mass is 366 g/mol. The summed E-state index contributed by atoms with van der Waals surface area (Å²) in [4.78, 5) is 17.9.